The third-order valence-electron chi connectivity index (χ3n) is 2.42. The number of hydrogen-bond acceptors (Lipinski definition) is 3. The molecule has 0 amide bonds. The Morgan fingerprint density at radius 2 is 2.05 bits per heavy atom. The van der Waals surface area contributed by atoms with E-state index in [1.54, 1.807) is 11.3 Å². The first-order chi connectivity index (χ1) is 9.36. The number of nitrogens with one attached hydrogen (secondary N) is 1. The van der Waals surface area contributed by atoms with E-state index in [0.717, 1.165) is 20.5 Å². The maximum Gasteiger partial charge on any atom is 0.265 e. The topological polar surface area (TPSA) is 33.1 Å². The van der Waals surface area contributed by atoms with Crippen molar-refractivity contribution in [1.82, 2.24) is 0 Å². The van der Waals surface area contributed by atoms with Crippen molar-refractivity contribution in [2.45, 2.75) is 10.4 Å². The molecular formula is C13H9BrCl3NOS. The van der Waals surface area contributed by atoms with Gasteiger partial charge in [0.15, 0.2) is 0 Å². The van der Waals surface area contributed by atoms with Gasteiger partial charge in [0.05, 0.1) is 0 Å². The van der Waals surface area contributed by atoms with E-state index in [1.807, 2.05) is 35.7 Å². The highest BCUT2D eigenvalue weighted by molar-refractivity contribution is 9.10. The van der Waals surface area contributed by atoms with Crippen LogP contribution in [0.3, 0.4) is 0 Å². The molecule has 1 aromatic heterocycles. The molecule has 2 nitrogen and oxygen atoms in total. The van der Waals surface area contributed by atoms with Crippen molar-refractivity contribution in [3.05, 3.63) is 45.7 Å². The van der Waals surface area contributed by atoms with Crippen LogP contribution >= 0.6 is 62.1 Å². The van der Waals surface area contributed by atoms with Gasteiger partial charge in [0.2, 0.25) is 5.90 Å². The second-order valence-corrected chi connectivity index (χ2v) is 8.05. The van der Waals surface area contributed by atoms with Crippen LogP contribution in [0.25, 0.3) is 10.4 Å². The molecule has 0 saturated carbocycles. The SMILES string of the molecule is N=C(OCc1cccc(-c2cc(Br)cs2)c1)C(Cl)(Cl)Cl. The van der Waals surface area contributed by atoms with E-state index < -0.39 is 3.79 Å². The average Bonchev–Trinajstić information content (AvgIpc) is 2.82. The second-order valence-electron chi connectivity index (χ2n) is 3.95. The Morgan fingerprint density at radius 1 is 1.30 bits per heavy atom. The summed E-state index contributed by atoms with van der Waals surface area (Å²) in [7, 11) is 0. The zero-order valence-electron chi connectivity index (χ0n) is 10.00. The van der Waals surface area contributed by atoms with Crippen molar-refractivity contribution in [2.24, 2.45) is 0 Å². The van der Waals surface area contributed by atoms with Crippen LogP contribution in [0.15, 0.2) is 40.2 Å². The lowest BCUT2D eigenvalue weighted by Gasteiger charge is -2.13. The Labute approximate surface area is 144 Å². The molecule has 0 spiro atoms. The summed E-state index contributed by atoms with van der Waals surface area (Å²) >= 11 is 21.8. The minimum atomic E-state index is -1.82. The summed E-state index contributed by atoms with van der Waals surface area (Å²) in [5, 5.41) is 9.51. The van der Waals surface area contributed by atoms with Crippen LogP contribution in [0.1, 0.15) is 5.56 Å². The van der Waals surface area contributed by atoms with Gasteiger partial charge in [-0.1, -0.05) is 53.0 Å². The number of halogens is 4. The van der Waals surface area contributed by atoms with Crippen molar-refractivity contribution in [3.63, 3.8) is 0 Å². The zero-order valence-corrected chi connectivity index (χ0v) is 14.7. The molecule has 2 aromatic rings. The summed E-state index contributed by atoms with van der Waals surface area (Å²) in [6.07, 6.45) is 0. The largest absolute Gasteiger partial charge is 0.473 e. The summed E-state index contributed by atoms with van der Waals surface area (Å²) in [6, 6.07) is 9.89. The molecule has 0 bridgehead atoms. The molecule has 0 saturated heterocycles. The van der Waals surface area contributed by atoms with Crippen LogP contribution in [0, 0.1) is 5.41 Å². The monoisotopic (exact) mass is 411 g/mol. The molecule has 2 rings (SSSR count). The fourth-order valence-electron chi connectivity index (χ4n) is 1.52. The van der Waals surface area contributed by atoms with E-state index in [9.17, 15) is 0 Å². The standard InChI is InChI=1S/C13H9BrCl3NOS/c14-10-5-11(20-7-10)9-3-1-2-8(4-9)6-19-12(18)13(15,16)17/h1-5,7,18H,6H2. The molecule has 0 atom stereocenters. The molecule has 1 heterocycles. The number of ether oxygens (including phenoxy) is 1. The number of benzene rings is 1. The van der Waals surface area contributed by atoms with Gasteiger partial charge in [0, 0.05) is 14.7 Å². The molecular weight excluding hydrogens is 404 g/mol. The summed E-state index contributed by atoms with van der Waals surface area (Å²) < 4.78 is 4.40. The van der Waals surface area contributed by atoms with Crippen LogP contribution in [0.2, 0.25) is 0 Å². The molecule has 1 aromatic carbocycles. The minimum Gasteiger partial charge on any atom is -0.473 e. The smallest absolute Gasteiger partial charge is 0.265 e. The third kappa shape index (κ3) is 4.37. The van der Waals surface area contributed by atoms with E-state index in [0.29, 0.717) is 0 Å². The quantitative estimate of drug-likeness (QED) is 0.371. The van der Waals surface area contributed by atoms with E-state index in [2.05, 4.69) is 15.9 Å². The first kappa shape index (κ1) is 16.1. The Kier molecular flexibility index (Phi) is 5.37. The molecule has 20 heavy (non-hydrogen) atoms. The lowest BCUT2D eigenvalue weighted by molar-refractivity contribution is 0.284. The van der Waals surface area contributed by atoms with Gasteiger partial charge in [-0.3, -0.25) is 5.41 Å². The van der Waals surface area contributed by atoms with Crippen molar-refractivity contribution in [3.8, 4) is 10.4 Å². The second kappa shape index (κ2) is 6.67. The molecule has 0 fully saturated rings. The summed E-state index contributed by atoms with van der Waals surface area (Å²) in [5.41, 5.74) is 1.99. The van der Waals surface area contributed by atoms with Gasteiger partial charge in [-0.25, -0.2) is 0 Å². The van der Waals surface area contributed by atoms with Crippen molar-refractivity contribution >= 4 is 68.0 Å². The summed E-state index contributed by atoms with van der Waals surface area (Å²) in [5.74, 6) is -0.383. The van der Waals surface area contributed by atoms with Gasteiger partial charge in [-0.05, 0) is 39.2 Å². The Morgan fingerprint density at radius 3 is 2.65 bits per heavy atom. The fourth-order valence-corrected chi connectivity index (χ4v) is 3.11. The van der Waals surface area contributed by atoms with Crippen LogP contribution < -0.4 is 0 Å². The first-order valence-corrected chi connectivity index (χ1v) is 8.29. The molecule has 7 heteroatoms. The van der Waals surface area contributed by atoms with Gasteiger partial charge in [0.25, 0.3) is 3.79 Å². The van der Waals surface area contributed by atoms with Crippen LogP contribution in [-0.4, -0.2) is 9.69 Å². The molecule has 0 radical (unpaired) electrons. The van der Waals surface area contributed by atoms with Crippen molar-refractivity contribution in [2.75, 3.05) is 0 Å². The highest BCUT2D eigenvalue weighted by Crippen LogP contribution is 2.31. The Hall–Kier alpha value is -0.260. The molecule has 0 aliphatic carbocycles. The van der Waals surface area contributed by atoms with Gasteiger partial charge in [0.1, 0.15) is 6.61 Å². The van der Waals surface area contributed by atoms with E-state index in [1.165, 1.54) is 0 Å². The summed E-state index contributed by atoms with van der Waals surface area (Å²) in [6.45, 7) is 0.188. The van der Waals surface area contributed by atoms with Crippen molar-refractivity contribution in [1.29, 1.82) is 5.41 Å². The van der Waals surface area contributed by atoms with Gasteiger partial charge in [-0.15, -0.1) is 11.3 Å². The first-order valence-electron chi connectivity index (χ1n) is 5.48. The number of rotatable bonds is 3. The lowest BCUT2D eigenvalue weighted by atomic mass is 10.1. The Balaban J connectivity index is 2.09. The molecule has 0 aliphatic rings. The number of alkyl halides is 3. The maximum absolute atomic E-state index is 7.49. The zero-order chi connectivity index (χ0) is 14.8. The maximum atomic E-state index is 7.49. The lowest BCUT2D eigenvalue weighted by Crippen LogP contribution is -2.20. The number of thiophene rings is 1. The van der Waals surface area contributed by atoms with Crippen LogP contribution in [-0.2, 0) is 11.3 Å². The highest BCUT2D eigenvalue weighted by atomic mass is 79.9. The van der Waals surface area contributed by atoms with Crippen LogP contribution in [0.4, 0.5) is 0 Å². The predicted molar refractivity (Wildman–Crippen MR) is 90.3 cm³/mol. The third-order valence-corrected chi connectivity index (χ3v) is 4.67. The molecule has 0 unspecified atom stereocenters. The van der Waals surface area contributed by atoms with Gasteiger partial charge >= 0.3 is 0 Å². The number of hydrogen-bond donors (Lipinski definition) is 1. The van der Waals surface area contributed by atoms with E-state index >= 15 is 0 Å². The minimum absolute atomic E-state index is 0.188. The molecule has 1 N–H and O–H groups in total. The van der Waals surface area contributed by atoms with Gasteiger partial charge < -0.3 is 4.74 Å². The van der Waals surface area contributed by atoms with E-state index in [-0.39, 0.29) is 12.5 Å². The van der Waals surface area contributed by atoms with Gasteiger partial charge in [-0.2, -0.15) is 0 Å². The molecule has 0 aliphatic heterocycles. The predicted octanol–water partition coefficient (Wildman–Crippen LogP) is 6.04. The Bertz CT molecular complexity index is 624. The van der Waals surface area contributed by atoms with Crippen molar-refractivity contribution < 1.29 is 4.74 Å². The van der Waals surface area contributed by atoms with E-state index in [4.69, 9.17) is 44.9 Å². The summed E-state index contributed by atoms with van der Waals surface area (Å²) in [4.78, 5) is 1.15. The highest BCUT2D eigenvalue weighted by Gasteiger charge is 2.28. The average molecular weight is 414 g/mol. The fraction of sp³-hybridized carbons (Fsp3) is 0.154. The van der Waals surface area contributed by atoms with Crippen LogP contribution in [0.5, 0.6) is 0 Å². The molecule has 106 valence electrons. The normalized spacial score (nSPS) is 11.4.